The number of para-hydroxylation sites is 1. The van der Waals surface area contributed by atoms with Crippen molar-refractivity contribution in [3.63, 3.8) is 0 Å². The molecule has 5 nitrogen and oxygen atoms in total. The molecule has 0 bridgehead atoms. The van der Waals surface area contributed by atoms with Gasteiger partial charge in [0, 0.05) is 0 Å². The van der Waals surface area contributed by atoms with Gasteiger partial charge in [-0.1, -0.05) is 36.4 Å². The standard InChI is InChI=1S/C16H15N5/c1-2-7-16(8-3-1)20-18-10-14-5-4-6-15(9-14)11-21-13-17-12-19-21/h1-10,12-13,20H,11H2. The van der Waals surface area contributed by atoms with Gasteiger partial charge in [-0.15, -0.1) is 0 Å². The van der Waals surface area contributed by atoms with Gasteiger partial charge in [0.25, 0.3) is 0 Å². The summed E-state index contributed by atoms with van der Waals surface area (Å²) < 4.78 is 1.79. The molecule has 0 saturated heterocycles. The molecule has 0 aliphatic rings. The minimum absolute atomic E-state index is 0.702. The average Bonchev–Trinajstić information content (AvgIpc) is 3.02. The van der Waals surface area contributed by atoms with Gasteiger partial charge < -0.3 is 0 Å². The summed E-state index contributed by atoms with van der Waals surface area (Å²) in [7, 11) is 0. The smallest absolute Gasteiger partial charge is 0.137 e. The zero-order chi connectivity index (χ0) is 14.3. The maximum atomic E-state index is 4.24. The molecular formula is C16H15N5. The van der Waals surface area contributed by atoms with E-state index in [0.29, 0.717) is 6.54 Å². The molecule has 104 valence electrons. The summed E-state index contributed by atoms with van der Waals surface area (Å²) in [6.07, 6.45) is 5.05. The van der Waals surface area contributed by atoms with E-state index in [4.69, 9.17) is 0 Å². The quantitative estimate of drug-likeness (QED) is 0.576. The van der Waals surface area contributed by atoms with E-state index in [9.17, 15) is 0 Å². The second-order valence-electron chi connectivity index (χ2n) is 4.57. The fourth-order valence-corrected chi connectivity index (χ4v) is 1.97. The van der Waals surface area contributed by atoms with Crippen molar-refractivity contribution in [3.05, 3.63) is 78.4 Å². The molecule has 0 atom stereocenters. The summed E-state index contributed by atoms with van der Waals surface area (Å²) in [6, 6.07) is 18.0. The summed E-state index contributed by atoms with van der Waals surface area (Å²) in [5, 5.41) is 8.34. The molecule has 21 heavy (non-hydrogen) atoms. The summed E-state index contributed by atoms with van der Waals surface area (Å²) in [6.45, 7) is 0.702. The molecule has 1 aromatic heterocycles. The summed E-state index contributed by atoms with van der Waals surface area (Å²) in [5.41, 5.74) is 6.16. The van der Waals surface area contributed by atoms with Gasteiger partial charge in [0.05, 0.1) is 18.4 Å². The lowest BCUT2D eigenvalue weighted by Crippen LogP contribution is -2.00. The first-order valence-corrected chi connectivity index (χ1v) is 6.66. The van der Waals surface area contributed by atoms with Crippen LogP contribution in [-0.4, -0.2) is 21.0 Å². The second kappa shape index (κ2) is 6.47. The Morgan fingerprint density at radius 3 is 2.81 bits per heavy atom. The first-order chi connectivity index (χ1) is 10.4. The van der Waals surface area contributed by atoms with Crippen LogP contribution in [0.5, 0.6) is 0 Å². The number of nitrogens with zero attached hydrogens (tertiary/aromatic N) is 4. The lowest BCUT2D eigenvalue weighted by molar-refractivity contribution is 0.685. The predicted octanol–water partition coefficient (Wildman–Crippen LogP) is 2.77. The summed E-state index contributed by atoms with van der Waals surface area (Å²) in [5.74, 6) is 0. The van der Waals surface area contributed by atoms with E-state index in [0.717, 1.165) is 16.8 Å². The lowest BCUT2D eigenvalue weighted by atomic mass is 10.1. The Labute approximate surface area is 123 Å². The van der Waals surface area contributed by atoms with Crippen LogP contribution in [-0.2, 0) is 6.54 Å². The Kier molecular flexibility index (Phi) is 4.02. The Balaban J connectivity index is 1.65. The minimum Gasteiger partial charge on any atom is -0.279 e. The Morgan fingerprint density at radius 2 is 2.00 bits per heavy atom. The van der Waals surface area contributed by atoms with Crippen molar-refractivity contribution in [1.82, 2.24) is 14.8 Å². The number of hydrazone groups is 1. The molecule has 0 aliphatic heterocycles. The zero-order valence-electron chi connectivity index (χ0n) is 11.4. The maximum Gasteiger partial charge on any atom is 0.137 e. The van der Waals surface area contributed by atoms with Crippen LogP contribution in [0.2, 0.25) is 0 Å². The number of aromatic nitrogens is 3. The fraction of sp³-hybridized carbons (Fsp3) is 0.0625. The van der Waals surface area contributed by atoms with Crippen LogP contribution in [0.3, 0.4) is 0 Å². The van der Waals surface area contributed by atoms with E-state index < -0.39 is 0 Å². The van der Waals surface area contributed by atoms with Crippen molar-refractivity contribution < 1.29 is 0 Å². The monoisotopic (exact) mass is 277 g/mol. The molecule has 3 aromatic rings. The van der Waals surface area contributed by atoms with Crippen molar-refractivity contribution >= 4 is 11.9 Å². The molecule has 0 unspecified atom stereocenters. The van der Waals surface area contributed by atoms with E-state index in [1.54, 1.807) is 17.2 Å². The predicted molar refractivity (Wildman–Crippen MR) is 83.2 cm³/mol. The third-order valence-corrected chi connectivity index (χ3v) is 2.94. The van der Waals surface area contributed by atoms with E-state index in [1.807, 2.05) is 42.5 Å². The van der Waals surface area contributed by atoms with Crippen LogP contribution < -0.4 is 5.43 Å². The molecule has 2 aromatic carbocycles. The van der Waals surface area contributed by atoms with Crippen molar-refractivity contribution in [1.29, 1.82) is 0 Å². The van der Waals surface area contributed by atoms with Gasteiger partial charge in [-0.25, -0.2) is 9.67 Å². The molecule has 0 saturated carbocycles. The molecule has 1 heterocycles. The number of anilines is 1. The van der Waals surface area contributed by atoms with Crippen LogP contribution in [0.25, 0.3) is 0 Å². The highest BCUT2D eigenvalue weighted by atomic mass is 15.3. The molecule has 0 fully saturated rings. The number of nitrogens with one attached hydrogen (secondary N) is 1. The summed E-state index contributed by atoms with van der Waals surface area (Å²) in [4.78, 5) is 3.94. The number of rotatable bonds is 5. The molecule has 5 heteroatoms. The van der Waals surface area contributed by atoms with Gasteiger partial charge in [0.15, 0.2) is 0 Å². The van der Waals surface area contributed by atoms with Gasteiger partial charge in [0.1, 0.15) is 12.7 Å². The van der Waals surface area contributed by atoms with E-state index in [2.05, 4.69) is 32.7 Å². The molecule has 0 spiro atoms. The Morgan fingerprint density at radius 1 is 1.10 bits per heavy atom. The largest absolute Gasteiger partial charge is 0.279 e. The number of hydrogen-bond donors (Lipinski definition) is 1. The van der Waals surface area contributed by atoms with Gasteiger partial charge in [0.2, 0.25) is 0 Å². The van der Waals surface area contributed by atoms with Crippen molar-refractivity contribution in [2.75, 3.05) is 5.43 Å². The fourth-order valence-electron chi connectivity index (χ4n) is 1.97. The molecule has 1 N–H and O–H groups in total. The SMILES string of the molecule is C(=NNc1ccccc1)c1cccc(Cn2cncn2)c1. The first kappa shape index (κ1) is 13.1. The van der Waals surface area contributed by atoms with Crippen LogP contribution in [0.4, 0.5) is 5.69 Å². The highest BCUT2D eigenvalue weighted by molar-refractivity contribution is 5.80. The van der Waals surface area contributed by atoms with Crippen molar-refractivity contribution in [2.24, 2.45) is 5.10 Å². The van der Waals surface area contributed by atoms with Crippen LogP contribution in [0.15, 0.2) is 72.4 Å². The Bertz CT molecular complexity index is 705. The minimum atomic E-state index is 0.702. The third-order valence-electron chi connectivity index (χ3n) is 2.94. The normalized spacial score (nSPS) is 10.9. The van der Waals surface area contributed by atoms with E-state index in [1.165, 1.54) is 6.33 Å². The van der Waals surface area contributed by atoms with Gasteiger partial charge in [-0.2, -0.15) is 10.2 Å². The average molecular weight is 277 g/mol. The number of hydrogen-bond acceptors (Lipinski definition) is 4. The van der Waals surface area contributed by atoms with Crippen molar-refractivity contribution in [2.45, 2.75) is 6.54 Å². The molecule has 0 radical (unpaired) electrons. The van der Waals surface area contributed by atoms with E-state index >= 15 is 0 Å². The third kappa shape index (κ3) is 3.76. The lowest BCUT2D eigenvalue weighted by Gasteiger charge is -2.02. The van der Waals surface area contributed by atoms with Crippen LogP contribution >= 0.6 is 0 Å². The molecule has 0 amide bonds. The second-order valence-corrected chi connectivity index (χ2v) is 4.57. The van der Waals surface area contributed by atoms with Gasteiger partial charge in [-0.3, -0.25) is 5.43 Å². The first-order valence-electron chi connectivity index (χ1n) is 6.66. The maximum absolute atomic E-state index is 4.24. The molecular weight excluding hydrogens is 262 g/mol. The zero-order valence-corrected chi connectivity index (χ0v) is 11.4. The van der Waals surface area contributed by atoms with Crippen LogP contribution in [0, 0.1) is 0 Å². The number of benzene rings is 2. The highest BCUT2D eigenvalue weighted by Crippen LogP contribution is 2.07. The highest BCUT2D eigenvalue weighted by Gasteiger charge is 1.96. The van der Waals surface area contributed by atoms with Gasteiger partial charge in [-0.05, 0) is 29.3 Å². The molecule has 0 aliphatic carbocycles. The van der Waals surface area contributed by atoms with Crippen LogP contribution in [0.1, 0.15) is 11.1 Å². The van der Waals surface area contributed by atoms with E-state index in [-0.39, 0.29) is 0 Å². The van der Waals surface area contributed by atoms with Crippen molar-refractivity contribution in [3.8, 4) is 0 Å². The molecule has 3 rings (SSSR count). The topological polar surface area (TPSA) is 55.1 Å². The summed E-state index contributed by atoms with van der Waals surface area (Å²) >= 11 is 0. The Hall–Kier alpha value is -2.95. The van der Waals surface area contributed by atoms with Gasteiger partial charge >= 0.3 is 0 Å².